The molecule has 0 aromatic heterocycles. The molecule has 6 rings (SSSR count). The van der Waals surface area contributed by atoms with Crippen molar-refractivity contribution in [3.63, 3.8) is 0 Å². The van der Waals surface area contributed by atoms with E-state index in [1.807, 2.05) is 10.9 Å². The van der Waals surface area contributed by atoms with E-state index >= 15 is 0 Å². The SMILES string of the molecule is O=C1/C(=N/Nc2cc(S(=O)(=O)O)cc3c2C(=O)/C(=N/Nc2cc(S(=O)(=O)O)cc4cc(S(=O)(=O)O)cc(O)c24)C(S(=O)(=O)O)=C3)C(S(=O)(=O)O)=Cc2cc(S(=O)(=O)O)cc(O)c21. The Balaban J connectivity index is 1.57. The van der Waals surface area contributed by atoms with E-state index in [4.69, 9.17) is 0 Å². The van der Waals surface area contributed by atoms with E-state index in [0.717, 1.165) is 0 Å². The van der Waals surface area contributed by atoms with Crippen molar-refractivity contribution in [3.05, 3.63) is 80.6 Å². The van der Waals surface area contributed by atoms with Gasteiger partial charge in [0.25, 0.3) is 60.7 Å². The van der Waals surface area contributed by atoms with E-state index < -0.39 is 169 Å². The Kier molecular flexibility index (Phi) is 10.9. The van der Waals surface area contributed by atoms with Gasteiger partial charge in [-0.2, -0.15) is 60.7 Å². The number of carbonyl (C=O) groups excluding carboxylic acids is 2. The molecule has 328 valence electrons. The monoisotopic (exact) mass is 980 g/mol. The highest BCUT2D eigenvalue weighted by molar-refractivity contribution is 7.91. The average molecular weight is 981 g/mol. The molecule has 0 saturated carbocycles. The predicted octanol–water partition coefficient (Wildman–Crippen LogP) is 1.02. The van der Waals surface area contributed by atoms with Gasteiger partial charge in [0, 0.05) is 17.5 Å². The molecule has 2 aliphatic rings. The standard InChI is InChI=1S/C30H20N4O22S6/c35-20-9-16(59(45,46)47)2-11-1-14(57(39,40)41)7-18(24(11)20)31-33-27-22(61(51,52)53)5-12-3-15(58(42,43)44)8-19(25(12)29(27)37)32-34-28-23(62(54,55)56)6-13-4-17(60(48,49)50)10-21(36)26(13)30(28)38/h1-10,31-32,35-36H,(H,39,40,41)(H,42,43,44)(H,45,46,47)(H,48,49,50)(H,51,52,53)(H,54,55,56)/b33-27+,34-28+. The lowest BCUT2D eigenvalue weighted by Crippen LogP contribution is -2.29. The molecule has 4 aromatic rings. The van der Waals surface area contributed by atoms with E-state index in [1.165, 1.54) is 0 Å². The Morgan fingerprint density at radius 3 is 1.23 bits per heavy atom. The minimum Gasteiger partial charge on any atom is -0.507 e. The Morgan fingerprint density at radius 2 is 0.774 bits per heavy atom. The van der Waals surface area contributed by atoms with Crippen LogP contribution in [-0.2, 0) is 60.7 Å². The summed E-state index contributed by atoms with van der Waals surface area (Å²) in [6.45, 7) is 0. The van der Waals surface area contributed by atoms with Gasteiger partial charge < -0.3 is 10.2 Å². The van der Waals surface area contributed by atoms with E-state index in [9.17, 15) is 97.6 Å². The van der Waals surface area contributed by atoms with Crippen molar-refractivity contribution in [2.24, 2.45) is 10.2 Å². The van der Waals surface area contributed by atoms with E-state index in [1.54, 1.807) is 0 Å². The highest BCUT2D eigenvalue weighted by Gasteiger charge is 2.38. The van der Waals surface area contributed by atoms with Gasteiger partial charge in [-0.1, -0.05) is 0 Å². The summed E-state index contributed by atoms with van der Waals surface area (Å²) in [7, 11) is -31.9. The molecule has 0 bridgehead atoms. The third kappa shape index (κ3) is 8.69. The number of phenolic OH excluding ortho intramolecular Hbond substituents is 2. The number of rotatable bonds is 10. The second-order valence-electron chi connectivity index (χ2n) is 12.5. The lowest BCUT2D eigenvalue weighted by atomic mass is 9.93. The molecule has 0 atom stereocenters. The van der Waals surface area contributed by atoms with Crippen LogP contribution >= 0.6 is 0 Å². The smallest absolute Gasteiger partial charge is 0.296 e. The van der Waals surface area contributed by atoms with Gasteiger partial charge in [-0.3, -0.25) is 47.8 Å². The van der Waals surface area contributed by atoms with Crippen LogP contribution in [0.5, 0.6) is 11.5 Å². The number of nitrogens with zero attached hydrogens (tertiary/aromatic N) is 2. The number of hydrazone groups is 2. The number of ketones is 2. The fraction of sp³-hybridized carbons (Fsp3) is 0. The normalized spacial score (nSPS) is 16.5. The van der Waals surface area contributed by atoms with E-state index in [0.29, 0.717) is 60.7 Å². The summed E-state index contributed by atoms with van der Waals surface area (Å²) in [4.78, 5) is 20.6. The number of nitrogens with one attached hydrogen (secondary N) is 2. The zero-order valence-electron chi connectivity index (χ0n) is 29.4. The number of hydrogen-bond donors (Lipinski definition) is 10. The van der Waals surface area contributed by atoms with Gasteiger partial charge in [0.15, 0.2) is 11.4 Å². The molecule has 26 nitrogen and oxygen atoms in total. The molecule has 2 aliphatic carbocycles. The number of carbonyl (C=O) groups is 2. The summed E-state index contributed by atoms with van der Waals surface area (Å²) in [6.07, 6.45) is 0.800. The molecule has 0 spiro atoms. The van der Waals surface area contributed by atoms with Crippen molar-refractivity contribution >= 4 is 118 Å². The fourth-order valence-corrected chi connectivity index (χ4v) is 9.39. The van der Waals surface area contributed by atoms with Crippen LogP contribution in [0.4, 0.5) is 11.4 Å². The summed E-state index contributed by atoms with van der Waals surface area (Å²) in [5, 5.41) is 27.2. The van der Waals surface area contributed by atoms with Crippen LogP contribution in [0.25, 0.3) is 22.9 Å². The van der Waals surface area contributed by atoms with Crippen LogP contribution in [0.15, 0.2) is 88.1 Å². The molecular formula is C30H20N4O22S6. The lowest BCUT2D eigenvalue weighted by Gasteiger charge is -2.21. The summed E-state index contributed by atoms with van der Waals surface area (Å²) >= 11 is 0. The van der Waals surface area contributed by atoms with Gasteiger partial charge in [0.2, 0.25) is 11.6 Å². The summed E-state index contributed by atoms with van der Waals surface area (Å²) in [5.41, 5.74) is -3.72. The molecule has 0 unspecified atom stereocenters. The van der Waals surface area contributed by atoms with Gasteiger partial charge in [-0.15, -0.1) is 0 Å². The number of allylic oxidation sites excluding steroid dienone is 2. The second kappa shape index (κ2) is 14.8. The predicted molar refractivity (Wildman–Crippen MR) is 209 cm³/mol. The topological polar surface area (TPSA) is 450 Å². The molecule has 0 radical (unpaired) electrons. The first kappa shape index (κ1) is 45.5. The van der Waals surface area contributed by atoms with Gasteiger partial charge in [0.1, 0.15) is 21.3 Å². The van der Waals surface area contributed by atoms with Crippen molar-refractivity contribution in [1.29, 1.82) is 0 Å². The minimum atomic E-state index is -5.62. The third-order valence-electron chi connectivity index (χ3n) is 8.49. The summed E-state index contributed by atoms with van der Waals surface area (Å²) < 4.78 is 204. The molecule has 32 heteroatoms. The van der Waals surface area contributed by atoms with Crippen LogP contribution in [0.3, 0.4) is 0 Å². The molecule has 4 aromatic carbocycles. The zero-order chi connectivity index (χ0) is 46.4. The molecule has 0 saturated heterocycles. The fourth-order valence-electron chi connectivity index (χ4n) is 5.92. The van der Waals surface area contributed by atoms with Crippen molar-refractivity contribution in [2.45, 2.75) is 19.6 Å². The molecule has 0 fully saturated rings. The first-order valence-electron chi connectivity index (χ1n) is 15.6. The molecule has 10 N–H and O–H groups in total. The Bertz CT molecular complexity index is 3610. The van der Waals surface area contributed by atoms with E-state index in [-0.39, 0.29) is 0 Å². The number of hydrogen-bond acceptors (Lipinski definition) is 20. The number of fused-ring (bicyclic) bond motifs is 3. The summed E-state index contributed by atoms with van der Waals surface area (Å²) in [6, 6.07) is 4.03. The van der Waals surface area contributed by atoms with Crippen molar-refractivity contribution in [3.8, 4) is 11.5 Å². The second-order valence-corrected chi connectivity index (χ2v) is 21.0. The highest BCUT2D eigenvalue weighted by Crippen LogP contribution is 2.39. The maximum Gasteiger partial charge on any atom is 0.296 e. The van der Waals surface area contributed by atoms with Gasteiger partial charge in [-0.25, -0.2) is 0 Å². The van der Waals surface area contributed by atoms with Crippen molar-refractivity contribution in [2.75, 3.05) is 10.9 Å². The average Bonchev–Trinajstić information content (AvgIpc) is 3.10. The van der Waals surface area contributed by atoms with Gasteiger partial charge in [-0.05, 0) is 65.1 Å². The highest BCUT2D eigenvalue weighted by atomic mass is 32.2. The van der Waals surface area contributed by atoms with Gasteiger partial charge >= 0.3 is 0 Å². The van der Waals surface area contributed by atoms with Crippen LogP contribution < -0.4 is 10.9 Å². The number of phenols is 2. The Hall–Kier alpha value is -6.04. The number of benzene rings is 4. The van der Waals surface area contributed by atoms with Gasteiger partial charge in [0.05, 0.1) is 42.1 Å². The van der Waals surface area contributed by atoms with Crippen LogP contribution in [-0.4, -0.2) is 111 Å². The van der Waals surface area contributed by atoms with Crippen molar-refractivity contribution in [1.82, 2.24) is 0 Å². The molecule has 0 amide bonds. The van der Waals surface area contributed by atoms with Crippen LogP contribution in [0.1, 0.15) is 31.8 Å². The molecule has 62 heavy (non-hydrogen) atoms. The first-order valence-corrected chi connectivity index (χ1v) is 24.2. The number of aromatic hydroxyl groups is 2. The molecule has 0 aliphatic heterocycles. The maximum absolute atomic E-state index is 14.2. The number of anilines is 2. The molecular weight excluding hydrogens is 961 g/mol. The van der Waals surface area contributed by atoms with Crippen molar-refractivity contribution < 1.29 is 97.6 Å². The summed E-state index contributed by atoms with van der Waals surface area (Å²) in [5.74, 6) is -5.46. The Labute approximate surface area is 346 Å². The first-order chi connectivity index (χ1) is 28.2. The largest absolute Gasteiger partial charge is 0.507 e. The van der Waals surface area contributed by atoms with E-state index in [2.05, 4.69) is 10.2 Å². The maximum atomic E-state index is 14.2. The lowest BCUT2D eigenvalue weighted by molar-refractivity contribution is 0.105. The number of Topliss-reactive ketones (excluding diaryl/α,β-unsaturated/α-hetero) is 2. The molecule has 0 heterocycles. The quantitative estimate of drug-likeness (QED) is 0.0783. The minimum absolute atomic E-state index is 0.377. The zero-order valence-corrected chi connectivity index (χ0v) is 34.3. The van der Waals surface area contributed by atoms with Crippen LogP contribution in [0, 0.1) is 0 Å². The Morgan fingerprint density at radius 1 is 0.419 bits per heavy atom. The third-order valence-corrected chi connectivity index (χ3v) is 13.5. The van der Waals surface area contributed by atoms with Crippen LogP contribution in [0.2, 0.25) is 0 Å².